The monoisotopic (exact) mass is 747 g/mol. The van der Waals surface area contributed by atoms with Crippen LogP contribution in [-0.4, -0.2) is 6.36 Å². The van der Waals surface area contributed by atoms with Crippen LogP contribution in [0.15, 0.2) is 146 Å². The Kier molecular flexibility index (Phi) is 11.8. The summed E-state index contributed by atoms with van der Waals surface area (Å²) in [5.74, 6) is -0.246. The van der Waals surface area contributed by atoms with Crippen molar-refractivity contribution in [3.63, 3.8) is 0 Å². The predicted octanol–water partition coefficient (Wildman–Crippen LogP) is 15.2. The second kappa shape index (κ2) is 16.7. The van der Waals surface area contributed by atoms with E-state index in [1.807, 2.05) is 24.3 Å². The molecule has 2 nitrogen and oxygen atoms in total. The minimum atomic E-state index is -4.72. The summed E-state index contributed by atoms with van der Waals surface area (Å²) in [4.78, 5) is 2.23. The lowest BCUT2D eigenvalue weighted by atomic mass is 9.87. The van der Waals surface area contributed by atoms with Gasteiger partial charge in [-0.1, -0.05) is 175 Å². The van der Waals surface area contributed by atoms with Crippen LogP contribution in [-0.2, 0) is 10.8 Å². The van der Waals surface area contributed by atoms with Crippen molar-refractivity contribution >= 4 is 53.5 Å². The Morgan fingerprint density at radius 3 is 0.821 bits per heavy atom. The lowest BCUT2D eigenvalue weighted by molar-refractivity contribution is -0.274. The van der Waals surface area contributed by atoms with E-state index in [9.17, 15) is 13.2 Å². The zero-order valence-electron chi connectivity index (χ0n) is 32.8. The van der Waals surface area contributed by atoms with Gasteiger partial charge in [-0.05, 0) is 104 Å². The smallest absolute Gasteiger partial charge is 0.406 e. The van der Waals surface area contributed by atoms with E-state index in [0.717, 1.165) is 50.4 Å². The molecule has 0 atom stereocenters. The van der Waals surface area contributed by atoms with E-state index in [-0.39, 0.29) is 16.6 Å². The van der Waals surface area contributed by atoms with Gasteiger partial charge in [0.15, 0.2) is 0 Å². The maximum atomic E-state index is 12.6. The van der Waals surface area contributed by atoms with Crippen molar-refractivity contribution in [1.29, 1.82) is 0 Å². The molecule has 0 saturated heterocycles. The number of anilines is 3. The molecule has 0 radical (unpaired) electrons. The molecule has 56 heavy (non-hydrogen) atoms. The van der Waals surface area contributed by atoms with Crippen molar-refractivity contribution in [3.05, 3.63) is 190 Å². The van der Waals surface area contributed by atoms with Gasteiger partial charge < -0.3 is 9.64 Å². The van der Waals surface area contributed by atoms with Crippen LogP contribution in [0, 0.1) is 0 Å². The Hall–Kier alpha value is -6.07. The van der Waals surface area contributed by atoms with Crippen molar-refractivity contribution in [3.8, 4) is 5.75 Å². The third-order valence-corrected chi connectivity index (χ3v) is 9.53. The normalized spacial score (nSPS) is 12.5. The maximum Gasteiger partial charge on any atom is 0.573 e. The van der Waals surface area contributed by atoms with E-state index in [1.165, 1.54) is 23.3 Å². The van der Waals surface area contributed by atoms with Crippen LogP contribution in [0.4, 0.5) is 30.2 Å². The highest BCUT2D eigenvalue weighted by Gasteiger charge is 2.31. The Morgan fingerprint density at radius 2 is 0.589 bits per heavy atom. The Labute approximate surface area is 329 Å². The molecule has 0 N–H and O–H groups in total. The Bertz CT molecular complexity index is 2150. The van der Waals surface area contributed by atoms with E-state index in [4.69, 9.17) is 0 Å². The fourth-order valence-electron chi connectivity index (χ4n) is 6.20. The number of rotatable bonds is 10. The molecular weight excluding hydrogens is 700 g/mol. The van der Waals surface area contributed by atoms with E-state index >= 15 is 0 Å². The molecule has 0 saturated carbocycles. The Morgan fingerprint density at radius 1 is 0.357 bits per heavy atom. The van der Waals surface area contributed by atoms with Gasteiger partial charge in [-0.25, -0.2) is 0 Å². The molecule has 0 heterocycles. The molecular formula is C51H48F3NO. The number of hydrogen-bond acceptors (Lipinski definition) is 2. The summed E-state index contributed by atoms with van der Waals surface area (Å²) < 4.78 is 41.7. The number of halogens is 3. The summed E-state index contributed by atoms with van der Waals surface area (Å²) in [7, 11) is 0. The Balaban J connectivity index is 1.23. The average Bonchev–Trinajstić information content (AvgIpc) is 3.17. The van der Waals surface area contributed by atoms with Gasteiger partial charge >= 0.3 is 6.36 Å². The fraction of sp³-hybridized carbons (Fsp3) is 0.176. The van der Waals surface area contributed by atoms with E-state index in [1.54, 1.807) is 12.1 Å². The summed E-state index contributed by atoms with van der Waals surface area (Å²) in [6.07, 6.45) is 7.63. The molecule has 0 aromatic heterocycles. The van der Waals surface area contributed by atoms with Gasteiger partial charge in [-0.15, -0.1) is 13.2 Å². The molecule has 284 valence electrons. The van der Waals surface area contributed by atoms with Gasteiger partial charge in [0.05, 0.1) is 0 Å². The highest BCUT2D eigenvalue weighted by atomic mass is 19.4. The molecule has 5 heteroatoms. The van der Waals surface area contributed by atoms with E-state index < -0.39 is 6.36 Å². The predicted molar refractivity (Wildman–Crippen MR) is 231 cm³/mol. The molecule has 6 aromatic carbocycles. The zero-order chi connectivity index (χ0) is 39.9. The van der Waals surface area contributed by atoms with Crippen LogP contribution in [0.2, 0.25) is 0 Å². The van der Waals surface area contributed by atoms with Crippen LogP contribution in [0.5, 0.6) is 5.75 Å². The molecule has 0 fully saturated rings. The van der Waals surface area contributed by atoms with Crippen molar-refractivity contribution in [2.45, 2.75) is 58.7 Å². The molecule has 0 aliphatic carbocycles. The van der Waals surface area contributed by atoms with Crippen molar-refractivity contribution in [1.82, 2.24) is 0 Å². The fourth-order valence-corrected chi connectivity index (χ4v) is 6.20. The minimum absolute atomic E-state index is 0.116. The first kappa shape index (κ1) is 39.6. The SMILES string of the molecule is CC(C)(C)c1ccc(/C=C/c2ccc(N(c3ccc(/C=C/c4ccc(OC(F)(F)F)cc4)cc3)c3ccc(/C=C/c4ccc(C(C)(C)C)cc4)cc3)cc2)cc1. The highest BCUT2D eigenvalue weighted by molar-refractivity contribution is 5.80. The first-order valence-electron chi connectivity index (χ1n) is 18.8. The second-order valence-electron chi connectivity index (χ2n) is 16.0. The van der Waals surface area contributed by atoms with Gasteiger partial charge in [0.1, 0.15) is 5.75 Å². The van der Waals surface area contributed by atoms with E-state index in [0.29, 0.717) is 0 Å². The molecule has 0 spiro atoms. The topological polar surface area (TPSA) is 12.5 Å². The van der Waals surface area contributed by atoms with Crippen molar-refractivity contribution < 1.29 is 17.9 Å². The highest BCUT2D eigenvalue weighted by Crippen LogP contribution is 2.36. The lowest BCUT2D eigenvalue weighted by Gasteiger charge is -2.26. The molecule has 0 aliphatic rings. The van der Waals surface area contributed by atoms with Gasteiger partial charge in [-0.2, -0.15) is 0 Å². The summed E-state index contributed by atoms with van der Waals surface area (Å²) >= 11 is 0. The molecule has 0 bridgehead atoms. The number of benzene rings is 6. The third-order valence-electron chi connectivity index (χ3n) is 9.53. The number of hydrogen-bond donors (Lipinski definition) is 0. The summed E-state index contributed by atoms with van der Waals surface area (Å²) in [6.45, 7) is 13.3. The van der Waals surface area contributed by atoms with Gasteiger partial charge in [0, 0.05) is 17.1 Å². The molecule has 6 aromatic rings. The second-order valence-corrected chi connectivity index (χ2v) is 16.0. The van der Waals surface area contributed by atoms with Crippen LogP contribution >= 0.6 is 0 Å². The zero-order valence-corrected chi connectivity index (χ0v) is 32.8. The number of nitrogens with zero attached hydrogens (tertiary/aromatic N) is 1. The summed E-state index contributed by atoms with van der Waals surface area (Å²) in [6, 6.07) is 48.5. The quantitative estimate of drug-likeness (QED) is 0.129. The third kappa shape index (κ3) is 11.0. The van der Waals surface area contributed by atoms with Crippen molar-refractivity contribution in [2.24, 2.45) is 0 Å². The summed E-state index contributed by atoms with van der Waals surface area (Å²) in [5.41, 5.74) is 12.1. The average molecular weight is 748 g/mol. The van der Waals surface area contributed by atoms with Crippen LogP contribution in [0.25, 0.3) is 36.5 Å². The van der Waals surface area contributed by atoms with Crippen LogP contribution < -0.4 is 9.64 Å². The molecule has 0 aliphatic heterocycles. The number of alkyl halides is 3. The molecule has 6 rings (SSSR count). The maximum absolute atomic E-state index is 12.6. The van der Waals surface area contributed by atoms with Gasteiger partial charge in [0.25, 0.3) is 0 Å². The molecule has 0 amide bonds. The molecule has 0 unspecified atom stereocenters. The van der Waals surface area contributed by atoms with Crippen LogP contribution in [0.3, 0.4) is 0 Å². The van der Waals surface area contributed by atoms with Crippen LogP contribution in [0.1, 0.15) is 86.1 Å². The first-order chi connectivity index (χ1) is 26.6. The summed E-state index contributed by atoms with van der Waals surface area (Å²) in [5, 5.41) is 0. The van der Waals surface area contributed by atoms with E-state index in [2.05, 4.69) is 185 Å². The largest absolute Gasteiger partial charge is 0.573 e. The standard InChI is InChI=1S/C51H48F3NO/c1-49(2,3)43-25-13-37(14-26-43)7-9-39-17-29-45(30-18-39)55(46-31-19-40(20-32-46)10-8-38-15-27-44(28-16-38)50(4,5)6)47-33-21-41(22-34-47)11-12-42-23-35-48(36-24-42)56-51(52,53)54/h7-36H,1-6H3/b9-7+,10-8+,12-11+. The van der Waals surface area contributed by atoms with Gasteiger partial charge in [-0.3, -0.25) is 0 Å². The number of ether oxygens (including phenoxy) is 1. The van der Waals surface area contributed by atoms with Gasteiger partial charge in [0.2, 0.25) is 0 Å². The van der Waals surface area contributed by atoms with Crippen molar-refractivity contribution in [2.75, 3.05) is 4.90 Å². The first-order valence-corrected chi connectivity index (χ1v) is 18.8. The minimum Gasteiger partial charge on any atom is -0.406 e. The lowest BCUT2D eigenvalue weighted by Crippen LogP contribution is -2.16.